The van der Waals surface area contributed by atoms with Gasteiger partial charge in [-0.25, -0.2) is 0 Å². The van der Waals surface area contributed by atoms with E-state index in [4.69, 9.17) is 0 Å². The summed E-state index contributed by atoms with van der Waals surface area (Å²) in [5, 5.41) is 17.0. The van der Waals surface area contributed by atoms with E-state index in [9.17, 15) is 9.90 Å². The molecular weight excluding hydrogens is 230 g/mol. The average molecular weight is 245 g/mol. The smallest absolute Gasteiger partial charge is 0.221 e. The number of phenolic OH excluding ortho intramolecular Hbond substituents is 1. The summed E-state index contributed by atoms with van der Waals surface area (Å²) in [5.74, 6) is -0.0232. The van der Waals surface area contributed by atoms with Gasteiger partial charge in [0.05, 0.1) is 11.4 Å². The monoisotopic (exact) mass is 245 g/mol. The summed E-state index contributed by atoms with van der Waals surface area (Å²) >= 11 is 0. The van der Waals surface area contributed by atoms with Crippen molar-refractivity contribution in [1.29, 1.82) is 0 Å². The Morgan fingerprint density at radius 2 is 2.06 bits per heavy atom. The largest absolute Gasteiger partial charge is 0.507 e. The molecule has 2 aromatic rings. The van der Waals surface area contributed by atoms with Crippen LogP contribution >= 0.6 is 0 Å². The molecule has 1 aromatic carbocycles. The highest BCUT2D eigenvalue weighted by Gasteiger charge is 2.17. The van der Waals surface area contributed by atoms with Gasteiger partial charge in [0, 0.05) is 19.5 Å². The number of aryl methyl sites for hydroxylation is 1. The topological polar surface area (TPSA) is 67.2 Å². The molecule has 0 bridgehead atoms. The van der Waals surface area contributed by atoms with E-state index in [1.807, 2.05) is 13.0 Å². The fourth-order valence-electron chi connectivity index (χ4n) is 1.80. The molecule has 2 N–H and O–H groups in total. The standard InChI is InChI=1S/C13H15N3O2/c1-8-12(14-9(2)17)13(15-16(8)3)10-6-4-5-7-11(10)18/h4-7,18H,1-3H3,(H,14,17). The van der Waals surface area contributed by atoms with Crippen LogP contribution in [0.3, 0.4) is 0 Å². The van der Waals surface area contributed by atoms with Crippen LogP contribution in [0.2, 0.25) is 0 Å². The van der Waals surface area contributed by atoms with Gasteiger partial charge in [-0.05, 0) is 19.1 Å². The van der Waals surface area contributed by atoms with Gasteiger partial charge >= 0.3 is 0 Å². The van der Waals surface area contributed by atoms with Crippen molar-refractivity contribution in [2.75, 3.05) is 5.32 Å². The van der Waals surface area contributed by atoms with E-state index in [1.165, 1.54) is 6.92 Å². The molecule has 0 fully saturated rings. The Hall–Kier alpha value is -2.30. The number of carbonyl (C=O) groups is 1. The number of carbonyl (C=O) groups excluding carboxylic acids is 1. The van der Waals surface area contributed by atoms with Crippen LogP contribution < -0.4 is 5.32 Å². The predicted octanol–water partition coefficient (Wildman–Crippen LogP) is 2.06. The number of nitrogens with zero attached hydrogens (tertiary/aromatic N) is 2. The fraction of sp³-hybridized carbons (Fsp3) is 0.231. The summed E-state index contributed by atoms with van der Waals surface area (Å²) in [7, 11) is 1.80. The van der Waals surface area contributed by atoms with Gasteiger partial charge in [-0.15, -0.1) is 0 Å². The molecule has 0 saturated carbocycles. The molecule has 2 rings (SSSR count). The quantitative estimate of drug-likeness (QED) is 0.851. The Balaban J connectivity index is 2.61. The first-order valence-electron chi connectivity index (χ1n) is 5.60. The third kappa shape index (κ3) is 2.07. The van der Waals surface area contributed by atoms with Gasteiger partial charge in [0.1, 0.15) is 11.4 Å². The lowest BCUT2D eigenvalue weighted by atomic mass is 10.1. The summed E-state index contributed by atoms with van der Waals surface area (Å²) in [6, 6.07) is 6.92. The molecule has 0 unspecified atom stereocenters. The minimum Gasteiger partial charge on any atom is -0.507 e. The molecule has 0 spiro atoms. The second kappa shape index (κ2) is 4.52. The molecule has 5 heteroatoms. The van der Waals surface area contributed by atoms with Crippen molar-refractivity contribution in [3.63, 3.8) is 0 Å². The van der Waals surface area contributed by atoms with Crippen molar-refractivity contribution in [2.24, 2.45) is 7.05 Å². The SMILES string of the molecule is CC(=O)Nc1c(-c2ccccc2O)nn(C)c1C. The van der Waals surface area contributed by atoms with Gasteiger partial charge in [0.2, 0.25) is 5.91 Å². The van der Waals surface area contributed by atoms with Gasteiger partial charge in [-0.3, -0.25) is 9.48 Å². The molecule has 5 nitrogen and oxygen atoms in total. The molecule has 1 amide bonds. The number of nitrogens with one attached hydrogen (secondary N) is 1. The van der Waals surface area contributed by atoms with Crippen LogP contribution in [0, 0.1) is 6.92 Å². The van der Waals surface area contributed by atoms with Crippen LogP contribution in [0.15, 0.2) is 24.3 Å². The average Bonchev–Trinajstić information content (AvgIpc) is 2.57. The summed E-state index contributed by atoms with van der Waals surface area (Å²) in [6.07, 6.45) is 0. The van der Waals surface area contributed by atoms with Crippen molar-refractivity contribution in [3.05, 3.63) is 30.0 Å². The van der Waals surface area contributed by atoms with Crippen molar-refractivity contribution >= 4 is 11.6 Å². The van der Waals surface area contributed by atoms with Gasteiger partial charge in [-0.2, -0.15) is 5.10 Å². The highest BCUT2D eigenvalue weighted by molar-refractivity contribution is 5.94. The number of aromatic hydroxyl groups is 1. The molecule has 0 saturated heterocycles. The maximum atomic E-state index is 11.2. The zero-order valence-electron chi connectivity index (χ0n) is 10.6. The predicted molar refractivity (Wildman–Crippen MR) is 69.3 cm³/mol. The van der Waals surface area contributed by atoms with Crippen LogP contribution in [0.1, 0.15) is 12.6 Å². The van der Waals surface area contributed by atoms with Crippen LogP contribution in [0.4, 0.5) is 5.69 Å². The first-order chi connectivity index (χ1) is 8.50. The van der Waals surface area contributed by atoms with E-state index in [2.05, 4.69) is 10.4 Å². The van der Waals surface area contributed by atoms with Crippen molar-refractivity contribution in [2.45, 2.75) is 13.8 Å². The van der Waals surface area contributed by atoms with Crippen LogP contribution in [-0.4, -0.2) is 20.8 Å². The second-order valence-corrected chi connectivity index (χ2v) is 4.13. The van der Waals surface area contributed by atoms with Crippen LogP contribution in [-0.2, 0) is 11.8 Å². The summed E-state index contributed by atoms with van der Waals surface area (Å²) < 4.78 is 1.67. The lowest BCUT2D eigenvalue weighted by Crippen LogP contribution is -2.07. The fourth-order valence-corrected chi connectivity index (χ4v) is 1.80. The van der Waals surface area contributed by atoms with E-state index >= 15 is 0 Å². The van der Waals surface area contributed by atoms with Gasteiger partial charge in [-0.1, -0.05) is 12.1 Å². The number of para-hydroxylation sites is 1. The number of hydrogen-bond acceptors (Lipinski definition) is 3. The highest BCUT2D eigenvalue weighted by Crippen LogP contribution is 2.34. The number of phenols is 1. The second-order valence-electron chi connectivity index (χ2n) is 4.13. The summed E-state index contributed by atoms with van der Waals surface area (Å²) in [5.41, 5.74) is 2.64. The zero-order chi connectivity index (χ0) is 13.3. The van der Waals surface area contributed by atoms with E-state index in [0.717, 1.165) is 5.69 Å². The molecule has 94 valence electrons. The molecule has 0 atom stereocenters. The molecule has 0 aliphatic carbocycles. The van der Waals surface area contributed by atoms with Crippen molar-refractivity contribution in [3.8, 4) is 17.0 Å². The molecule has 18 heavy (non-hydrogen) atoms. The Labute approximate surface area is 105 Å². The third-order valence-corrected chi connectivity index (χ3v) is 2.79. The molecule has 1 aromatic heterocycles. The lowest BCUT2D eigenvalue weighted by molar-refractivity contribution is -0.114. The third-order valence-electron chi connectivity index (χ3n) is 2.79. The van der Waals surface area contributed by atoms with Gasteiger partial charge in [0.25, 0.3) is 0 Å². The van der Waals surface area contributed by atoms with E-state index in [1.54, 1.807) is 29.9 Å². The van der Waals surface area contributed by atoms with E-state index in [-0.39, 0.29) is 11.7 Å². The zero-order valence-corrected chi connectivity index (χ0v) is 10.6. The number of benzene rings is 1. The highest BCUT2D eigenvalue weighted by atomic mass is 16.3. The number of anilines is 1. The number of aromatic nitrogens is 2. The van der Waals surface area contributed by atoms with Gasteiger partial charge in [0.15, 0.2) is 0 Å². The molecular formula is C13H15N3O2. The number of amides is 1. The maximum Gasteiger partial charge on any atom is 0.221 e. The van der Waals surface area contributed by atoms with Crippen LogP contribution in [0.5, 0.6) is 5.75 Å². The normalized spacial score (nSPS) is 10.4. The van der Waals surface area contributed by atoms with E-state index < -0.39 is 0 Å². The number of hydrogen-bond donors (Lipinski definition) is 2. The summed E-state index contributed by atoms with van der Waals surface area (Å²) in [6.45, 7) is 3.31. The Morgan fingerprint density at radius 1 is 1.39 bits per heavy atom. The minimum absolute atomic E-state index is 0.141. The van der Waals surface area contributed by atoms with Crippen LogP contribution in [0.25, 0.3) is 11.3 Å². The Morgan fingerprint density at radius 3 is 2.67 bits per heavy atom. The Bertz CT molecular complexity index is 602. The van der Waals surface area contributed by atoms with Gasteiger partial charge < -0.3 is 10.4 Å². The molecule has 0 radical (unpaired) electrons. The number of rotatable bonds is 2. The molecule has 1 heterocycles. The Kier molecular flexibility index (Phi) is 3.06. The van der Waals surface area contributed by atoms with E-state index in [0.29, 0.717) is 16.9 Å². The summed E-state index contributed by atoms with van der Waals surface area (Å²) in [4.78, 5) is 11.2. The van der Waals surface area contributed by atoms with Crippen molar-refractivity contribution < 1.29 is 9.90 Å². The molecule has 0 aliphatic rings. The lowest BCUT2D eigenvalue weighted by Gasteiger charge is -2.05. The van der Waals surface area contributed by atoms with Crippen molar-refractivity contribution in [1.82, 2.24) is 9.78 Å². The first-order valence-corrected chi connectivity index (χ1v) is 5.60. The molecule has 0 aliphatic heterocycles. The minimum atomic E-state index is -0.164. The first kappa shape index (κ1) is 12.2. The maximum absolute atomic E-state index is 11.2.